The molecule has 1 aliphatic heterocycles. The third kappa shape index (κ3) is 2.93. The molecule has 1 heterocycles. The summed E-state index contributed by atoms with van der Waals surface area (Å²) in [5.74, 6) is -0.190. The molecule has 0 spiro atoms. The van der Waals surface area contributed by atoms with Gasteiger partial charge in [0.15, 0.2) is 5.75 Å². The van der Waals surface area contributed by atoms with Crippen LogP contribution in [0.1, 0.15) is 12.0 Å². The van der Waals surface area contributed by atoms with Crippen LogP contribution in [0.25, 0.3) is 0 Å². The van der Waals surface area contributed by atoms with E-state index in [1.807, 2.05) is 43.3 Å². The highest BCUT2D eigenvalue weighted by molar-refractivity contribution is 5.97. The van der Waals surface area contributed by atoms with Crippen LogP contribution in [0, 0.1) is 6.92 Å². The molecule has 0 fully saturated rings. The first kappa shape index (κ1) is 14.1. The summed E-state index contributed by atoms with van der Waals surface area (Å²) in [7, 11) is 0. The number of amides is 1. The van der Waals surface area contributed by atoms with Gasteiger partial charge in [0.2, 0.25) is 5.91 Å². The maximum atomic E-state index is 12.1. The second kappa shape index (κ2) is 5.89. The number of rotatable bonds is 3. The molecule has 112 valence electrons. The third-order valence-electron chi connectivity index (χ3n) is 3.52. The van der Waals surface area contributed by atoms with E-state index in [4.69, 9.17) is 4.74 Å². The summed E-state index contributed by atoms with van der Waals surface area (Å²) < 4.78 is 5.24. The van der Waals surface area contributed by atoms with Crippen LogP contribution in [-0.2, 0) is 9.59 Å². The first-order chi connectivity index (χ1) is 10.6. The van der Waals surface area contributed by atoms with Crippen molar-refractivity contribution < 1.29 is 14.3 Å². The summed E-state index contributed by atoms with van der Waals surface area (Å²) in [6.45, 7) is 1.92. The molecule has 2 aromatic carbocycles. The van der Waals surface area contributed by atoms with Crippen molar-refractivity contribution in [3.63, 3.8) is 0 Å². The Labute approximate surface area is 128 Å². The number of hydrogen-bond acceptors (Lipinski definition) is 4. The third-order valence-corrected chi connectivity index (χ3v) is 3.52. The molecule has 2 N–H and O–H groups in total. The molecule has 0 saturated heterocycles. The normalized spacial score (nSPS) is 16.2. The Bertz CT molecular complexity index is 727. The molecule has 0 aromatic heterocycles. The highest BCUT2D eigenvalue weighted by atomic mass is 16.5. The van der Waals surface area contributed by atoms with Crippen molar-refractivity contribution in [1.29, 1.82) is 0 Å². The summed E-state index contributed by atoms with van der Waals surface area (Å²) in [4.78, 5) is 24.1. The first-order valence-electron chi connectivity index (χ1n) is 7.06. The molecule has 0 bridgehead atoms. The summed E-state index contributed by atoms with van der Waals surface area (Å²) >= 11 is 0. The van der Waals surface area contributed by atoms with E-state index < -0.39 is 12.0 Å². The van der Waals surface area contributed by atoms with E-state index in [2.05, 4.69) is 10.6 Å². The molecule has 0 aliphatic carbocycles. The van der Waals surface area contributed by atoms with Crippen LogP contribution < -0.4 is 15.4 Å². The Kier molecular flexibility index (Phi) is 3.78. The van der Waals surface area contributed by atoms with Gasteiger partial charge in [0.25, 0.3) is 0 Å². The van der Waals surface area contributed by atoms with Crippen molar-refractivity contribution in [2.45, 2.75) is 19.4 Å². The van der Waals surface area contributed by atoms with Crippen LogP contribution in [0.15, 0.2) is 48.5 Å². The lowest BCUT2D eigenvalue weighted by molar-refractivity contribution is -0.137. The molecular weight excluding hydrogens is 280 g/mol. The number of carbonyl (C=O) groups is 2. The topological polar surface area (TPSA) is 67.4 Å². The maximum Gasteiger partial charge on any atom is 0.334 e. The summed E-state index contributed by atoms with van der Waals surface area (Å²) in [6, 6.07) is 14.0. The van der Waals surface area contributed by atoms with Gasteiger partial charge in [-0.05, 0) is 30.7 Å². The van der Waals surface area contributed by atoms with Gasteiger partial charge in [-0.1, -0.05) is 30.3 Å². The van der Waals surface area contributed by atoms with Crippen molar-refractivity contribution in [2.75, 3.05) is 10.6 Å². The van der Waals surface area contributed by atoms with E-state index >= 15 is 0 Å². The lowest BCUT2D eigenvalue weighted by Crippen LogP contribution is -2.39. The quantitative estimate of drug-likeness (QED) is 0.675. The van der Waals surface area contributed by atoms with Crippen molar-refractivity contribution in [2.24, 2.45) is 0 Å². The van der Waals surface area contributed by atoms with Crippen molar-refractivity contribution in [1.82, 2.24) is 0 Å². The predicted octanol–water partition coefficient (Wildman–Crippen LogP) is 2.72. The standard InChI is InChI=1S/C17H16N2O3/c1-11-6-2-3-7-12(11)19-16(20)10-14-17(21)22-15-9-5-4-8-13(15)18-14/h2-9,14,18H,10H2,1H3,(H,19,20)/t14-/m1/s1. The fourth-order valence-corrected chi connectivity index (χ4v) is 2.34. The van der Waals surface area contributed by atoms with Gasteiger partial charge in [-0.15, -0.1) is 0 Å². The fourth-order valence-electron chi connectivity index (χ4n) is 2.34. The Morgan fingerprint density at radius 1 is 1.18 bits per heavy atom. The minimum Gasteiger partial charge on any atom is -0.423 e. The number of benzene rings is 2. The number of esters is 1. The van der Waals surface area contributed by atoms with Gasteiger partial charge < -0.3 is 15.4 Å². The van der Waals surface area contributed by atoms with Gasteiger partial charge in [0, 0.05) is 5.69 Å². The fraction of sp³-hybridized carbons (Fsp3) is 0.176. The number of anilines is 2. The Morgan fingerprint density at radius 3 is 2.73 bits per heavy atom. The van der Waals surface area contributed by atoms with Gasteiger partial charge in [-0.3, -0.25) is 4.79 Å². The zero-order valence-corrected chi connectivity index (χ0v) is 12.1. The number of nitrogens with one attached hydrogen (secondary N) is 2. The zero-order chi connectivity index (χ0) is 15.5. The zero-order valence-electron chi connectivity index (χ0n) is 12.1. The molecule has 3 rings (SSSR count). The molecule has 1 atom stereocenters. The lowest BCUT2D eigenvalue weighted by Gasteiger charge is -2.25. The number of hydrogen-bond donors (Lipinski definition) is 2. The lowest BCUT2D eigenvalue weighted by atomic mass is 10.1. The molecule has 1 amide bonds. The van der Waals surface area contributed by atoms with Crippen LogP contribution in [0.4, 0.5) is 11.4 Å². The SMILES string of the molecule is Cc1ccccc1NC(=O)C[C@H]1Nc2ccccc2OC1=O. The van der Waals surface area contributed by atoms with Crippen molar-refractivity contribution in [3.05, 3.63) is 54.1 Å². The second-order valence-corrected chi connectivity index (χ2v) is 5.18. The van der Waals surface area contributed by atoms with Gasteiger partial charge in [0.05, 0.1) is 12.1 Å². The van der Waals surface area contributed by atoms with E-state index in [9.17, 15) is 9.59 Å². The number of para-hydroxylation sites is 3. The smallest absolute Gasteiger partial charge is 0.334 e. The van der Waals surface area contributed by atoms with Crippen LogP contribution in [0.5, 0.6) is 5.75 Å². The molecule has 5 heteroatoms. The predicted molar refractivity (Wildman–Crippen MR) is 83.9 cm³/mol. The number of fused-ring (bicyclic) bond motifs is 1. The van der Waals surface area contributed by atoms with E-state index in [0.717, 1.165) is 16.9 Å². The number of carbonyl (C=O) groups excluding carboxylic acids is 2. The van der Waals surface area contributed by atoms with Crippen LogP contribution in [0.2, 0.25) is 0 Å². The van der Waals surface area contributed by atoms with E-state index in [-0.39, 0.29) is 12.3 Å². The van der Waals surface area contributed by atoms with Crippen molar-refractivity contribution >= 4 is 23.3 Å². The molecule has 5 nitrogen and oxygen atoms in total. The first-order valence-corrected chi connectivity index (χ1v) is 7.06. The minimum absolute atomic E-state index is 0.0154. The largest absolute Gasteiger partial charge is 0.423 e. The van der Waals surface area contributed by atoms with Gasteiger partial charge in [-0.25, -0.2) is 4.79 Å². The van der Waals surface area contributed by atoms with Gasteiger partial charge >= 0.3 is 5.97 Å². The van der Waals surface area contributed by atoms with Gasteiger partial charge in [0.1, 0.15) is 6.04 Å². The summed E-state index contributed by atoms with van der Waals surface area (Å²) in [5, 5.41) is 5.86. The molecular formula is C17H16N2O3. The molecule has 2 aromatic rings. The second-order valence-electron chi connectivity index (χ2n) is 5.18. The summed E-state index contributed by atoms with van der Waals surface area (Å²) in [6.07, 6.45) is 0.0154. The monoisotopic (exact) mass is 296 g/mol. The summed E-state index contributed by atoms with van der Waals surface area (Å²) in [5.41, 5.74) is 2.44. The van der Waals surface area contributed by atoms with E-state index in [1.54, 1.807) is 12.1 Å². The Hall–Kier alpha value is -2.82. The maximum absolute atomic E-state index is 12.1. The number of aryl methyl sites for hydroxylation is 1. The minimum atomic E-state index is -0.682. The Balaban J connectivity index is 1.67. The van der Waals surface area contributed by atoms with Crippen LogP contribution in [0.3, 0.4) is 0 Å². The molecule has 0 radical (unpaired) electrons. The van der Waals surface area contributed by atoms with Crippen molar-refractivity contribution in [3.8, 4) is 5.75 Å². The van der Waals surface area contributed by atoms with E-state index in [0.29, 0.717) is 5.75 Å². The molecule has 22 heavy (non-hydrogen) atoms. The van der Waals surface area contributed by atoms with Crippen LogP contribution >= 0.6 is 0 Å². The number of ether oxygens (including phenoxy) is 1. The average Bonchev–Trinajstić information content (AvgIpc) is 2.50. The highest BCUT2D eigenvalue weighted by Crippen LogP contribution is 2.29. The average molecular weight is 296 g/mol. The molecule has 0 unspecified atom stereocenters. The highest BCUT2D eigenvalue weighted by Gasteiger charge is 2.29. The van der Waals surface area contributed by atoms with E-state index in [1.165, 1.54) is 0 Å². The molecule has 1 aliphatic rings. The molecule has 0 saturated carbocycles. The van der Waals surface area contributed by atoms with Crippen LogP contribution in [-0.4, -0.2) is 17.9 Å². The Morgan fingerprint density at radius 2 is 1.91 bits per heavy atom. The van der Waals surface area contributed by atoms with Gasteiger partial charge in [-0.2, -0.15) is 0 Å².